The van der Waals surface area contributed by atoms with Gasteiger partial charge in [-0.05, 0) is 37.8 Å². The summed E-state index contributed by atoms with van der Waals surface area (Å²) in [5, 5.41) is 14.5. The van der Waals surface area contributed by atoms with Crippen molar-refractivity contribution >= 4 is 21.4 Å². The van der Waals surface area contributed by atoms with Crippen molar-refractivity contribution in [3.05, 3.63) is 28.3 Å². The third-order valence-corrected chi connectivity index (χ3v) is 6.38. The third kappa shape index (κ3) is 3.52. The molecule has 2 aliphatic rings. The van der Waals surface area contributed by atoms with E-state index in [9.17, 15) is 18.5 Å². The molecule has 0 radical (unpaired) electrons. The van der Waals surface area contributed by atoms with Crippen molar-refractivity contribution < 1.29 is 18.1 Å². The predicted molar refractivity (Wildman–Crippen MR) is 88.5 cm³/mol. The molecule has 9 heteroatoms. The first-order valence-corrected chi connectivity index (χ1v) is 9.46. The number of nitro benzene ring substituents is 1. The maximum atomic E-state index is 12.6. The van der Waals surface area contributed by atoms with Crippen LogP contribution in [0.15, 0.2) is 23.1 Å². The molecule has 1 heterocycles. The molecule has 132 valence electrons. The molecular weight excluding hydrogens is 334 g/mol. The Kier molecular flexibility index (Phi) is 4.75. The van der Waals surface area contributed by atoms with Crippen LogP contribution in [0.25, 0.3) is 0 Å². The van der Waals surface area contributed by atoms with Crippen molar-refractivity contribution in [1.29, 1.82) is 0 Å². The van der Waals surface area contributed by atoms with Gasteiger partial charge < -0.3 is 10.1 Å². The van der Waals surface area contributed by atoms with Gasteiger partial charge in [-0.1, -0.05) is 0 Å². The molecule has 1 aromatic carbocycles. The van der Waals surface area contributed by atoms with Crippen molar-refractivity contribution in [1.82, 2.24) is 4.31 Å². The Morgan fingerprint density at radius 3 is 2.58 bits per heavy atom. The van der Waals surface area contributed by atoms with Gasteiger partial charge in [0.25, 0.3) is 5.69 Å². The summed E-state index contributed by atoms with van der Waals surface area (Å²) in [4.78, 5) is 10.8. The summed E-state index contributed by atoms with van der Waals surface area (Å²) in [6.07, 6.45) is 2.23. The molecule has 2 fully saturated rings. The Hall–Kier alpha value is -1.71. The van der Waals surface area contributed by atoms with Gasteiger partial charge in [-0.2, -0.15) is 4.31 Å². The summed E-state index contributed by atoms with van der Waals surface area (Å²) < 4.78 is 31.7. The minimum Gasteiger partial charge on any atom is -0.379 e. The van der Waals surface area contributed by atoms with Gasteiger partial charge in [0.2, 0.25) is 10.0 Å². The van der Waals surface area contributed by atoms with Crippen LogP contribution in [0, 0.1) is 16.0 Å². The zero-order valence-corrected chi connectivity index (χ0v) is 14.3. The van der Waals surface area contributed by atoms with Gasteiger partial charge in [-0.25, -0.2) is 8.42 Å². The van der Waals surface area contributed by atoms with Crippen LogP contribution in [0.5, 0.6) is 0 Å². The summed E-state index contributed by atoms with van der Waals surface area (Å²) in [6, 6.07) is 4.20. The van der Waals surface area contributed by atoms with Crippen molar-refractivity contribution in [3.8, 4) is 0 Å². The average Bonchev–Trinajstić information content (AvgIpc) is 3.40. The fourth-order valence-corrected chi connectivity index (χ4v) is 4.27. The standard InChI is InChI=1S/C15H21N3O5S/c1-11(12-2-3-12)16-14-5-4-13(10-15(14)18(19)20)24(21,22)17-6-8-23-9-7-17/h4-5,10-12,16H,2-3,6-9H2,1H3/t11-/m0/s1. The number of rotatable bonds is 6. The first kappa shape index (κ1) is 17.1. The molecule has 1 aromatic rings. The maximum absolute atomic E-state index is 12.6. The summed E-state index contributed by atoms with van der Waals surface area (Å²) >= 11 is 0. The minimum atomic E-state index is -3.75. The van der Waals surface area contributed by atoms with Gasteiger partial charge in [0.1, 0.15) is 5.69 Å². The van der Waals surface area contributed by atoms with Gasteiger partial charge in [0, 0.05) is 25.2 Å². The van der Waals surface area contributed by atoms with E-state index in [0.29, 0.717) is 24.8 Å². The number of anilines is 1. The number of nitrogens with zero attached hydrogens (tertiary/aromatic N) is 2. The molecule has 1 aliphatic carbocycles. The summed E-state index contributed by atoms with van der Waals surface area (Å²) in [7, 11) is -3.75. The highest BCUT2D eigenvalue weighted by molar-refractivity contribution is 7.89. The Morgan fingerprint density at radius 2 is 2.00 bits per heavy atom. The van der Waals surface area contributed by atoms with Gasteiger partial charge in [-0.15, -0.1) is 0 Å². The van der Waals surface area contributed by atoms with Crippen LogP contribution in [-0.4, -0.2) is 50.0 Å². The van der Waals surface area contributed by atoms with Crippen LogP contribution in [0.1, 0.15) is 19.8 Å². The Balaban J connectivity index is 1.89. The van der Waals surface area contributed by atoms with Crippen molar-refractivity contribution in [3.63, 3.8) is 0 Å². The lowest BCUT2D eigenvalue weighted by molar-refractivity contribution is -0.384. The fourth-order valence-electron chi connectivity index (χ4n) is 2.84. The highest BCUT2D eigenvalue weighted by Gasteiger charge is 2.31. The number of hydrogen-bond donors (Lipinski definition) is 1. The van der Waals surface area contributed by atoms with E-state index in [4.69, 9.17) is 4.74 Å². The van der Waals surface area contributed by atoms with Crippen molar-refractivity contribution in [2.75, 3.05) is 31.6 Å². The van der Waals surface area contributed by atoms with Gasteiger partial charge in [-0.3, -0.25) is 10.1 Å². The number of nitrogens with one attached hydrogen (secondary N) is 1. The summed E-state index contributed by atoms with van der Waals surface area (Å²) in [6.45, 7) is 3.17. The van der Waals surface area contributed by atoms with E-state index in [0.717, 1.165) is 18.9 Å². The zero-order valence-electron chi connectivity index (χ0n) is 13.5. The second-order valence-electron chi connectivity index (χ2n) is 6.22. The van der Waals surface area contributed by atoms with Crippen LogP contribution in [0.2, 0.25) is 0 Å². The van der Waals surface area contributed by atoms with E-state index in [1.807, 2.05) is 6.92 Å². The molecule has 1 N–H and O–H groups in total. The third-order valence-electron chi connectivity index (χ3n) is 4.49. The lowest BCUT2D eigenvalue weighted by atomic mass is 10.2. The largest absolute Gasteiger partial charge is 0.379 e. The first-order valence-electron chi connectivity index (χ1n) is 8.02. The van der Waals surface area contributed by atoms with E-state index in [-0.39, 0.29) is 29.7 Å². The molecule has 0 aromatic heterocycles. The van der Waals surface area contributed by atoms with E-state index >= 15 is 0 Å². The molecule has 0 bridgehead atoms. The average molecular weight is 355 g/mol. The first-order chi connectivity index (χ1) is 11.4. The maximum Gasteiger partial charge on any atom is 0.293 e. The van der Waals surface area contributed by atoms with E-state index in [1.165, 1.54) is 16.4 Å². The molecule has 1 saturated carbocycles. The number of sulfonamides is 1. The molecule has 1 aliphatic heterocycles. The lowest BCUT2D eigenvalue weighted by Gasteiger charge is -2.26. The van der Waals surface area contributed by atoms with Crippen LogP contribution >= 0.6 is 0 Å². The Bertz CT molecular complexity index is 727. The van der Waals surface area contributed by atoms with Gasteiger partial charge in [0.15, 0.2) is 0 Å². The van der Waals surface area contributed by atoms with Crippen molar-refractivity contribution in [2.24, 2.45) is 5.92 Å². The predicted octanol–water partition coefficient (Wildman–Crippen LogP) is 1.83. The molecule has 8 nitrogen and oxygen atoms in total. The molecule has 3 rings (SSSR count). The molecular formula is C15H21N3O5S. The highest BCUT2D eigenvalue weighted by atomic mass is 32.2. The Labute approximate surface area is 141 Å². The number of morpholine rings is 1. The van der Waals surface area contributed by atoms with E-state index < -0.39 is 14.9 Å². The molecule has 0 amide bonds. The molecule has 1 atom stereocenters. The minimum absolute atomic E-state index is 0.0549. The zero-order chi connectivity index (χ0) is 17.3. The summed E-state index contributed by atoms with van der Waals surface area (Å²) in [5.41, 5.74) is 0.150. The normalized spacial score (nSPS) is 20.5. The number of hydrogen-bond acceptors (Lipinski definition) is 6. The fraction of sp³-hybridized carbons (Fsp3) is 0.600. The van der Waals surface area contributed by atoms with Crippen LogP contribution < -0.4 is 5.32 Å². The number of nitro groups is 1. The Morgan fingerprint density at radius 1 is 1.33 bits per heavy atom. The topological polar surface area (TPSA) is 102 Å². The smallest absolute Gasteiger partial charge is 0.293 e. The van der Waals surface area contributed by atoms with Crippen LogP contribution in [0.4, 0.5) is 11.4 Å². The summed E-state index contributed by atoms with van der Waals surface area (Å²) in [5.74, 6) is 0.529. The second-order valence-corrected chi connectivity index (χ2v) is 8.16. The SMILES string of the molecule is C[C@H](Nc1ccc(S(=O)(=O)N2CCOCC2)cc1[N+](=O)[O-])C1CC1. The highest BCUT2D eigenvalue weighted by Crippen LogP contribution is 2.36. The van der Waals surface area contributed by atoms with E-state index in [1.54, 1.807) is 0 Å². The van der Waals surface area contributed by atoms with Crippen molar-refractivity contribution in [2.45, 2.75) is 30.7 Å². The molecule has 0 spiro atoms. The molecule has 0 unspecified atom stereocenters. The molecule has 1 saturated heterocycles. The molecule has 24 heavy (non-hydrogen) atoms. The lowest BCUT2D eigenvalue weighted by Crippen LogP contribution is -2.40. The van der Waals surface area contributed by atoms with Gasteiger partial charge in [0.05, 0.1) is 23.0 Å². The van der Waals surface area contributed by atoms with E-state index in [2.05, 4.69) is 5.32 Å². The number of benzene rings is 1. The number of ether oxygens (including phenoxy) is 1. The van der Waals surface area contributed by atoms with Crippen LogP contribution in [-0.2, 0) is 14.8 Å². The quantitative estimate of drug-likeness (QED) is 0.617. The second kappa shape index (κ2) is 6.66. The van der Waals surface area contributed by atoms with Crippen LogP contribution in [0.3, 0.4) is 0 Å². The van der Waals surface area contributed by atoms with Gasteiger partial charge >= 0.3 is 0 Å². The monoisotopic (exact) mass is 355 g/mol.